The third-order valence-electron chi connectivity index (χ3n) is 3.11. The zero-order valence-electron chi connectivity index (χ0n) is 11.5. The van der Waals surface area contributed by atoms with E-state index in [2.05, 4.69) is 20.5 Å². The summed E-state index contributed by atoms with van der Waals surface area (Å²) in [5.74, 6) is -0.166. The predicted molar refractivity (Wildman–Crippen MR) is 87.2 cm³/mol. The maximum atomic E-state index is 12.3. The van der Waals surface area contributed by atoms with E-state index in [1.807, 2.05) is 17.5 Å². The molecule has 1 aromatic carbocycles. The van der Waals surface area contributed by atoms with Gasteiger partial charge in [-0.15, -0.1) is 11.3 Å². The Morgan fingerprint density at radius 3 is 3.09 bits per heavy atom. The van der Waals surface area contributed by atoms with Crippen LogP contribution in [-0.4, -0.2) is 27.6 Å². The fourth-order valence-electron chi connectivity index (χ4n) is 2.08. The number of nitrogens with zero attached hydrogens (tertiary/aromatic N) is 2. The number of H-pyrrole nitrogens is 1. The van der Waals surface area contributed by atoms with E-state index in [0.717, 1.165) is 10.6 Å². The van der Waals surface area contributed by atoms with Crippen LogP contribution in [0.15, 0.2) is 42.0 Å². The Balaban J connectivity index is 1.70. The summed E-state index contributed by atoms with van der Waals surface area (Å²) >= 11 is 7.57. The van der Waals surface area contributed by atoms with Crippen LogP contribution >= 0.6 is 22.9 Å². The smallest absolute Gasteiger partial charge is 0.255 e. The van der Waals surface area contributed by atoms with Crippen molar-refractivity contribution in [3.8, 4) is 11.3 Å². The summed E-state index contributed by atoms with van der Waals surface area (Å²) in [5.41, 5.74) is 1.99. The summed E-state index contributed by atoms with van der Waals surface area (Å²) in [6, 6.07) is 7.30. The molecule has 0 aliphatic carbocycles. The topological polar surface area (TPSA) is 70.7 Å². The molecule has 5 nitrogen and oxygen atoms in total. The number of nitrogens with one attached hydrogen (secondary N) is 2. The zero-order valence-corrected chi connectivity index (χ0v) is 13.1. The largest absolute Gasteiger partial charge is 0.351 e. The average molecular weight is 333 g/mol. The highest BCUT2D eigenvalue weighted by Gasteiger charge is 2.15. The number of amides is 1. The lowest BCUT2D eigenvalue weighted by atomic mass is 10.1. The molecular formula is C15H13ClN4OS. The molecule has 112 valence electrons. The second-order valence-electron chi connectivity index (χ2n) is 4.60. The molecule has 3 rings (SSSR count). The Morgan fingerprint density at radius 2 is 2.32 bits per heavy atom. The van der Waals surface area contributed by atoms with Crippen LogP contribution < -0.4 is 5.32 Å². The van der Waals surface area contributed by atoms with E-state index in [1.54, 1.807) is 29.7 Å². The SMILES string of the molecule is O=C(NCCc1nccs1)c1cn[nH]c1-c1cccc(Cl)c1. The highest BCUT2D eigenvalue weighted by atomic mass is 35.5. The van der Waals surface area contributed by atoms with Crippen molar-refractivity contribution in [3.63, 3.8) is 0 Å². The van der Waals surface area contributed by atoms with Crippen molar-refractivity contribution < 1.29 is 4.79 Å². The Bertz CT molecular complexity index is 769. The molecule has 1 amide bonds. The van der Waals surface area contributed by atoms with Gasteiger partial charge in [0.05, 0.1) is 22.5 Å². The molecule has 0 spiro atoms. The van der Waals surface area contributed by atoms with Crippen LogP contribution in [0.25, 0.3) is 11.3 Å². The lowest BCUT2D eigenvalue weighted by Gasteiger charge is -2.05. The first-order valence-electron chi connectivity index (χ1n) is 6.70. The van der Waals surface area contributed by atoms with Crippen LogP contribution in [0, 0.1) is 0 Å². The van der Waals surface area contributed by atoms with Gasteiger partial charge in [-0.05, 0) is 12.1 Å². The van der Waals surface area contributed by atoms with E-state index >= 15 is 0 Å². The van der Waals surface area contributed by atoms with Crippen LogP contribution in [-0.2, 0) is 6.42 Å². The Hall–Kier alpha value is -2.18. The maximum Gasteiger partial charge on any atom is 0.255 e. The van der Waals surface area contributed by atoms with Crippen molar-refractivity contribution in [2.75, 3.05) is 6.54 Å². The molecule has 0 fully saturated rings. The van der Waals surface area contributed by atoms with E-state index in [4.69, 9.17) is 11.6 Å². The van der Waals surface area contributed by atoms with Crippen LogP contribution in [0.3, 0.4) is 0 Å². The van der Waals surface area contributed by atoms with Crippen molar-refractivity contribution in [3.05, 3.63) is 57.6 Å². The fraction of sp³-hybridized carbons (Fsp3) is 0.133. The van der Waals surface area contributed by atoms with Crippen molar-refractivity contribution in [2.24, 2.45) is 0 Å². The molecule has 0 bridgehead atoms. The first kappa shape index (κ1) is 14.7. The molecule has 2 aromatic heterocycles. The third kappa shape index (κ3) is 3.35. The van der Waals surface area contributed by atoms with Gasteiger partial charge in [0.15, 0.2) is 0 Å². The first-order chi connectivity index (χ1) is 10.7. The lowest BCUT2D eigenvalue weighted by molar-refractivity contribution is 0.0955. The molecular weight excluding hydrogens is 320 g/mol. The van der Waals surface area contributed by atoms with Crippen molar-refractivity contribution in [1.82, 2.24) is 20.5 Å². The van der Waals surface area contributed by atoms with Crippen LogP contribution in [0.2, 0.25) is 5.02 Å². The molecule has 2 N–H and O–H groups in total. The van der Waals surface area contributed by atoms with E-state index < -0.39 is 0 Å². The van der Waals surface area contributed by atoms with Crippen molar-refractivity contribution >= 4 is 28.8 Å². The number of hydrogen-bond donors (Lipinski definition) is 2. The van der Waals surface area contributed by atoms with Gasteiger partial charge < -0.3 is 5.32 Å². The number of hydrogen-bond acceptors (Lipinski definition) is 4. The molecule has 2 heterocycles. The molecule has 7 heteroatoms. The number of carbonyl (C=O) groups excluding carboxylic acids is 1. The average Bonchev–Trinajstić information content (AvgIpc) is 3.18. The van der Waals surface area contributed by atoms with E-state index in [9.17, 15) is 4.79 Å². The van der Waals surface area contributed by atoms with Gasteiger partial charge in [-0.3, -0.25) is 9.89 Å². The summed E-state index contributed by atoms with van der Waals surface area (Å²) < 4.78 is 0. The van der Waals surface area contributed by atoms with Gasteiger partial charge in [0.2, 0.25) is 0 Å². The van der Waals surface area contributed by atoms with Gasteiger partial charge in [-0.2, -0.15) is 5.10 Å². The van der Waals surface area contributed by atoms with Gasteiger partial charge in [-0.25, -0.2) is 4.98 Å². The van der Waals surface area contributed by atoms with Crippen LogP contribution in [0.1, 0.15) is 15.4 Å². The summed E-state index contributed by atoms with van der Waals surface area (Å²) in [5, 5.41) is 13.2. The maximum absolute atomic E-state index is 12.3. The minimum Gasteiger partial charge on any atom is -0.351 e. The Kier molecular flexibility index (Phi) is 4.50. The van der Waals surface area contributed by atoms with Gasteiger partial charge >= 0.3 is 0 Å². The molecule has 0 saturated carbocycles. The Morgan fingerprint density at radius 1 is 1.41 bits per heavy atom. The van der Waals surface area contributed by atoms with Crippen molar-refractivity contribution in [2.45, 2.75) is 6.42 Å². The summed E-state index contributed by atoms with van der Waals surface area (Å²) in [6.07, 6.45) is 4.00. The fourth-order valence-corrected chi connectivity index (χ4v) is 2.89. The van der Waals surface area contributed by atoms with Gasteiger partial charge in [0.1, 0.15) is 0 Å². The highest BCUT2D eigenvalue weighted by Crippen LogP contribution is 2.23. The van der Waals surface area contributed by atoms with Gasteiger partial charge in [0.25, 0.3) is 5.91 Å². The van der Waals surface area contributed by atoms with Crippen LogP contribution in [0.4, 0.5) is 0 Å². The van der Waals surface area contributed by atoms with Gasteiger partial charge in [-0.1, -0.05) is 23.7 Å². The molecule has 0 radical (unpaired) electrons. The van der Waals surface area contributed by atoms with Gasteiger partial charge in [0, 0.05) is 35.1 Å². The number of rotatable bonds is 5. The number of aromatic amines is 1. The number of halogens is 1. The predicted octanol–water partition coefficient (Wildman–Crippen LogP) is 3.16. The third-order valence-corrected chi connectivity index (χ3v) is 4.18. The Labute approximate surface area is 136 Å². The number of thiazole rings is 1. The van der Waals surface area contributed by atoms with E-state index in [1.165, 1.54) is 6.20 Å². The quantitative estimate of drug-likeness (QED) is 0.754. The first-order valence-corrected chi connectivity index (χ1v) is 7.95. The molecule has 0 saturated heterocycles. The number of carbonyl (C=O) groups is 1. The molecule has 0 aliphatic heterocycles. The summed E-state index contributed by atoms with van der Waals surface area (Å²) in [7, 11) is 0. The lowest BCUT2D eigenvalue weighted by Crippen LogP contribution is -2.25. The van der Waals surface area contributed by atoms with Crippen molar-refractivity contribution in [1.29, 1.82) is 0 Å². The standard InChI is InChI=1S/C15H13ClN4OS/c16-11-3-1-2-10(8-11)14-12(9-19-20-14)15(21)18-5-4-13-17-6-7-22-13/h1-3,6-9H,4-5H2,(H,18,21)(H,19,20). The summed E-state index contributed by atoms with van der Waals surface area (Å²) in [6.45, 7) is 0.534. The molecule has 0 aliphatic rings. The minimum absolute atomic E-state index is 0.166. The van der Waals surface area contributed by atoms with E-state index in [-0.39, 0.29) is 5.91 Å². The monoisotopic (exact) mass is 332 g/mol. The molecule has 22 heavy (non-hydrogen) atoms. The number of benzene rings is 1. The highest BCUT2D eigenvalue weighted by molar-refractivity contribution is 7.09. The number of aromatic nitrogens is 3. The second-order valence-corrected chi connectivity index (χ2v) is 6.02. The normalized spacial score (nSPS) is 10.6. The van der Waals surface area contributed by atoms with Crippen LogP contribution in [0.5, 0.6) is 0 Å². The molecule has 0 atom stereocenters. The minimum atomic E-state index is -0.166. The zero-order chi connectivity index (χ0) is 15.4. The molecule has 3 aromatic rings. The summed E-state index contributed by atoms with van der Waals surface area (Å²) in [4.78, 5) is 16.5. The van der Waals surface area contributed by atoms with E-state index in [0.29, 0.717) is 29.2 Å². The second kappa shape index (κ2) is 6.72. The molecule has 0 unspecified atom stereocenters.